The molecular formula is C13H15ClO3. The lowest BCUT2D eigenvalue weighted by molar-refractivity contribution is -0.449. The van der Waals surface area contributed by atoms with Gasteiger partial charge in [0.2, 0.25) is 0 Å². The van der Waals surface area contributed by atoms with E-state index in [0.29, 0.717) is 12.3 Å². The van der Waals surface area contributed by atoms with Gasteiger partial charge in [-0.15, -0.1) is 0 Å². The molecule has 4 rings (SSSR count). The van der Waals surface area contributed by atoms with Crippen molar-refractivity contribution in [3.8, 4) is 0 Å². The van der Waals surface area contributed by atoms with Crippen LogP contribution < -0.4 is 0 Å². The Kier molecular flexibility index (Phi) is 3.09. The van der Waals surface area contributed by atoms with E-state index in [9.17, 15) is 0 Å². The SMILES string of the molecule is Clc1ccccc1CCC12OCC(CO1)CO2. The Balaban J connectivity index is 1.66. The molecule has 0 radical (unpaired) electrons. The zero-order valence-electron chi connectivity index (χ0n) is 9.52. The first-order valence-electron chi connectivity index (χ1n) is 5.93. The molecule has 0 aliphatic carbocycles. The zero-order chi connectivity index (χ0) is 11.7. The minimum Gasteiger partial charge on any atom is -0.327 e. The van der Waals surface area contributed by atoms with Gasteiger partial charge in [0.15, 0.2) is 0 Å². The fraction of sp³-hybridized carbons (Fsp3) is 0.538. The normalized spacial score (nSPS) is 31.7. The molecule has 0 saturated carbocycles. The molecule has 0 spiro atoms. The van der Waals surface area contributed by atoms with Crippen molar-refractivity contribution < 1.29 is 14.2 Å². The molecule has 3 aliphatic rings. The lowest BCUT2D eigenvalue weighted by atomic mass is 10.1. The second kappa shape index (κ2) is 4.58. The van der Waals surface area contributed by atoms with E-state index in [1.165, 1.54) is 0 Å². The molecule has 3 saturated heterocycles. The number of hydrogen-bond donors (Lipinski definition) is 0. The summed E-state index contributed by atoms with van der Waals surface area (Å²) in [7, 11) is 0. The molecule has 3 aliphatic heterocycles. The monoisotopic (exact) mass is 254 g/mol. The Morgan fingerprint density at radius 1 is 1.12 bits per heavy atom. The number of rotatable bonds is 3. The van der Waals surface area contributed by atoms with E-state index >= 15 is 0 Å². The number of fused-ring (bicyclic) bond motifs is 3. The molecule has 0 atom stereocenters. The summed E-state index contributed by atoms with van der Waals surface area (Å²) < 4.78 is 16.9. The number of ether oxygens (including phenoxy) is 3. The van der Waals surface area contributed by atoms with Gasteiger partial charge in [-0.05, 0) is 18.1 Å². The van der Waals surface area contributed by atoms with Crippen LogP contribution in [0.4, 0.5) is 0 Å². The number of hydrogen-bond acceptors (Lipinski definition) is 3. The molecule has 4 heteroatoms. The third-order valence-electron chi connectivity index (χ3n) is 3.28. The van der Waals surface area contributed by atoms with Gasteiger partial charge in [0.05, 0.1) is 19.8 Å². The Hall–Kier alpha value is -0.610. The predicted molar refractivity (Wildman–Crippen MR) is 63.9 cm³/mol. The molecule has 3 nitrogen and oxygen atoms in total. The molecule has 0 amide bonds. The first kappa shape index (κ1) is 11.5. The summed E-state index contributed by atoms with van der Waals surface area (Å²) in [6.07, 6.45) is 1.48. The molecule has 0 aromatic heterocycles. The molecule has 3 fully saturated rings. The average molecular weight is 255 g/mol. The van der Waals surface area contributed by atoms with Gasteiger partial charge in [0.1, 0.15) is 0 Å². The lowest BCUT2D eigenvalue weighted by Crippen LogP contribution is -2.54. The fourth-order valence-electron chi connectivity index (χ4n) is 2.21. The quantitative estimate of drug-likeness (QED) is 0.830. The molecule has 0 unspecified atom stereocenters. The van der Waals surface area contributed by atoms with Crippen LogP contribution >= 0.6 is 11.6 Å². The van der Waals surface area contributed by atoms with E-state index in [1.807, 2.05) is 24.3 Å². The number of halogens is 1. The maximum Gasteiger partial charge on any atom is 0.283 e. The summed E-state index contributed by atoms with van der Waals surface area (Å²) >= 11 is 6.12. The highest BCUT2D eigenvalue weighted by Gasteiger charge is 2.44. The largest absolute Gasteiger partial charge is 0.327 e. The van der Waals surface area contributed by atoms with Gasteiger partial charge in [-0.3, -0.25) is 0 Å². The summed E-state index contributed by atoms with van der Waals surface area (Å²) in [6, 6.07) is 7.83. The molecular weight excluding hydrogens is 240 g/mol. The third-order valence-corrected chi connectivity index (χ3v) is 3.64. The van der Waals surface area contributed by atoms with Crippen LogP contribution in [-0.4, -0.2) is 25.8 Å². The summed E-state index contributed by atoms with van der Waals surface area (Å²) in [4.78, 5) is 0. The minimum absolute atomic E-state index is 0.400. The topological polar surface area (TPSA) is 27.7 Å². The van der Waals surface area contributed by atoms with Gasteiger partial charge in [0, 0.05) is 17.4 Å². The van der Waals surface area contributed by atoms with Crippen molar-refractivity contribution in [1.29, 1.82) is 0 Å². The molecule has 1 aromatic rings. The Morgan fingerprint density at radius 2 is 1.76 bits per heavy atom. The second-order valence-corrected chi connectivity index (χ2v) is 4.98. The fourth-order valence-corrected chi connectivity index (χ4v) is 2.44. The highest BCUT2D eigenvalue weighted by Crippen LogP contribution is 2.34. The van der Waals surface area contributed by atoms with Crippen LogP contribution in [0, 0.1) is 5.92 Å². The highest BCUT2D eigenvalue weighted by molar-refractivity contribution is 6.31. The first-order chi connectivity index (χ1) is 8.27. The third kappa shape index (κ3) is 2.33. The van der Waals surface area contributed by atoms with Crippen molar-refractivity contribution in [2.45, 2.75) is 18.8 Å². The first-order valence-corrected chi connectivity index (χ1v) is 6.30. The van der Waals surface area contributed by atoms with Gasteiger partial charge in [-0.2, -0.15) is 0 Å². The van der Waals surface area contributed by atoms with Crippen molar-refractivity contribution >= 4 is 11.6 Å². The highest BCUT2D eigenvalue weighted by atomic mass is 35.5. The van der Waals surface area contributed by atoms with Crippen LogP contribution in [0.1, 0.15) is 12.0 Å². The molecule has 17 heavy (non-hydrogen) atoms. The summed E-state index contributed by atoms with van der Waals surface area (Å²) in [5.41, 5.74) is 1.10. The minimum atomic E-state index is -0.825. The van der Waals surface area contributed by atoms with E-state index in [-0.39, 0.29) is 0 Å². The summed E-state index contributed by atoms with van der Waals surface area (Å²) in [5, 5.41) is 0.786. The lowest BCUT2D eigenvalue weighted by Gasteiger charge is -2.45. The van der Waals surface area contributed by atoms with E-state index in [2.05, 4.69) is 0 Å². The van der Waals surface area contributed by atoms with Crippen LogP contribution in [0.25, 0.3) is 0 Å². The standard InChI is InChI=1S/C13H15ClO3/c14-12-4-2-1-3-11(12)5-6-13-15-7-10(8-16-13)9-17-13/h1-4,10H,5-9H2. The Morgan fingerprint density at radius 3 is 2.41 bits per heavy atom. The smallest absolute Gasteiger partial charge is 0.283 e. The van der Waals surface area contributed by atoms with Crippen LogP contribution in [0.15, 0.2) is 24.3 Å². The van der Waals surface area contributed by atoms with Crippen molar-refractivity contribution in [3.63, 3.8) is 0 Å². The van der Waals surface area contributed by atoms with E-state index in [0.717, 1.165) is 36.8 Å². The van der Waals surface area contributed by atoms with E-state index < -0.39 is 5.97 Å². The average Bonchev–Trinajstić information content (AvgIpc) is 2.40. The van der Waals surface area contributed by atoms with Gasteiger partial charge < -0.3 is 14.2 Å². The molecule has 3 heterocycles. The van der Waals surface area contributed by atoms with Crippen LogP contribution in [0.3, 0.4) is 0 Å². The van der Waals surface area contributed by atoms with Crippen LogP contribution in [-0.2, 0) is 20.6 Å². The molecule has 0 N–H and O–H groups in total. The van der Waals surface area contributed by atoms with Crippen LogP contribution in [0.5, 0.6) is 0 Å². The Labute approximate surface area is 106 Å². The van der Waals surface area contributed by atoms with Gasteiger partial charge in [-0.1, -0.05) is 29.8 Å². The molecule has 92 valence electrons. The van der Waals surface area contributed by atoms with Gasteiger partial charge >= 0.3 is 0 Å². The number of aryl methyl sites for hydroxylation is 1. The zero-order valence-corrected chi connectivity index (χ0v) is 10.3. The second-order valence-electron chi connectivity index (χ2n) is 4.57. The molecule has 2 bridgehead atoms. The Bertz CT molecular complexity index is 386. The van der Waals surface area contributed by atoms with E-state index in [4.69, 9.17) is 25.8 Å². The maximum absolute atomic E-state index is 6.12. The van der Waals surface area contributed by atoms with Gasteiger partial charge in [-0.25, -0.2) is 0 Å². The van der Waals surface area contributed by atoms with Crippen LogP contribution in [0.2, 0.25) is 5.02 Å². The summed E-state index contributed by atoms with van der Waals surface area (Å²) in [6.45, 7) is 2.22. The van der Waals surface area contributed by atoms with Crippen molar-refractivity contribution in [2.75, 3.05) is 19.8 Å². The molecule has 1 aromatic carbocycles. The summed E-state index contributed by atoms with van der Waals surface area (Å²) in [5.74, 6) is -0.425. The van der Waals surface area contributed by atoms with E-state index in [1.54, 1.807) is 0 Å². The van der Waals surface area contributed by atoms with Crippen molar-refractivity contribution in [3.05, 3.63) is 34.9 Å². The van der Waals surface area contributed by atoms with Gasteiger partial charge in [0.25, 0.3) is 5.97 Å². The van der Waals surface area contributed by atoms with Crippen molar-refractivity contribution in [2.24, 2.45) is 5.92 Å². The number of benzene rings is 1. The maximum atomic E-state index is 6.12. The van der Waals surface area contributed by atoms with Crippen molar-refractivity contribution in [1.82, 2.24) is 0 Å². The predicted octanol–water partition coefficient (Wildman–Crippen LogP) is 2.62.